The average Bonchev–Trinajstić information content (AvgIpc) is 3.17. The smallest absolute Gasteiger partial charge is 0.337 e. The summed E-state index contributed by atoms with van der Waals surface area (Å²) in [4.78, 5) is 39.8. The molecule has 1 fully saturated rings. The third-order valence-corrected chi connectivity index (χ3v) is 6.46. The summed E-state index contributed by atoms with van der Waals surface area (Å²) in [5.41, 5.74) is 1.05. The van der Waals surface area contributed by atoms with Crippen LogP contribution in [0.1, 0.15) is 27.5 Å². The van der Waals surface area contributed by atoms with Gasteiger partial charge in [-0.15, -0.1) is 0 Å². The van der Waals surface area contributed by atoms with Crippen LogP contribution in [0.5, 0.6) is 11.5 Å². The number of nitrogens with zero attached hydrogens (tertiary/aromatic N) is 1. The van der Waals surface area contributed by atoms with E-state index >= 15 is 0 Å². The highest BCUT2D eigenvalue weighted by Crippen LogP contribution is 2.44. The summed E-state index contributed by atoms with van der Waals surface area (Å²) in [6.07, 6.45) is 0. The van der Waals surface area contributed by atoms with E-state index in [9.17, 15) is 19.5 Å². The lowest BCUT2D eigenvalue weighted by atomic mass is 9.95. The Kier molecular flexibility index (Phi) is 7.42. The van der Waals surface area contributed by atoms with Gasteiger partial charge in [0, 0.05) is 11.3 Å². The van der Waals surface area contributed by atoms with Crippen LogP contribution < -0.4 is 14.4 Å². The molecule has 0 bridgehead atoms. The quantitative estimate of drug-likeness (QED) is 0.192. The zero-order valence-electron chi connectivity index (χ0n) is 20.0. The highest BCUT2D eigenvalue weighted by atomic mass is 35.5. The van der Waals surface area contributed by atoms with Gasteiger partial charge in [0.25, 0.3) is 11.7 Å². The second-order valence-corrected chi connectivity index (χ2v) is 8.77. The summed E-state index contributed by atoms with van der Waals surface area (Å²) in [6, 6.07) is 14.5. The van der Waals surface area contributed by atoms with E-state index < -0.39 is 29.5 Å². The van der Waals surface area contributed by atoms with E-state index in [2.05, 4.69) is 0 Å². The van der Waals surface area contributed by atoms with E-state index in [1.54, 1.807) is 24.3 Å². The molecule has 0 aliphatic carbocycles. The van der Waals surface area contributed by atoms with Gasteiger partial charge in [0.05, 0.1) is 48.6 Å². The normalized spacial score (nSPS) is 16.6. The van der Waals surface area contributed by atoms with Gasteiger partial charge in [-0.3, -0.25) is 14.5 Å². The molecule has 0 spiro atoms. The Balaban J connectivity index is 1.93. The average molecular weight is 542 g/mol. The number of Topliss-reactive ketones (excluding diaryl/α,β-unsaturated/α-hetero) is 1. The first-order valence-corrected chi connectivity index (χ1v) is 11.6. The van der Waals surface area contributed by atoms with E-state index in [1.165, 1.54) is 62.6 Å². The Bertz CT molecular complexity index is 1410. The summed E-state index contributed by atoms with van der Waals surface area (Å²) in [5, 5.41) is 11.5. The molecule has 1 saturated heterocycles. The van der Waals surface area contributed by atoms with Crippen molar-refractivity contribution in [3.63, 3.8) is 0 Å². The Morgan fingerprint density at radius 2 is 1.54 bits per heavy atom. The number of methoxy groups -OCH3 is 3. The maximum absolute atomic E-state index is 13.4. The third kappa shape index (κ3) is 4.73. The molecule has 8 nitrogen and oxygen atoms in total. The predicted octanol–water partition coefficient (Wildman–Crippen LogP) is 5.42. The first-order valence-electron chi connectivity index (χ1n) is 10.9. The molecule has 1 atom stereocenters. The number of carbonyl (C=O) groups is 3. The van der Waals surface area contributed by atoms with Crippen molar-refractivity contribution in [2.24, 2.45) is 0 Å². The van der Waals surface area contributed by atoms with E-state index in [0.29, 0.717) is 17.0 Å². The summed E-state index contributed by atoms with van der Waals surface area (Å²) >= 11 is 12.5. The fourth-order valence-corrected chi connectivity index (χ4v) is 4.79. The zero-order chi connectivity index (χ0) is 26.9. The minimum Gasteiger partial charge on any atom is -0.507 e. The molecule has 1 amide bonds. The van der Waals surface area contributed by atoms with Crippen molar-refractivity contribution >= 4 is 52.3 Å². The molecule has 3 aromatic rings. The van der Waals surface area contributed by atoms with Gasteiger partial charge in [-0.25, -0.2) is 4.79 Å². The number of ketones is 1. The SMILES string of the molecule is COC(=O)c1ccc(N2C(=O)C(=O)/C(=C(/O)c3cc(Cl)c(OC)c(Cl)c3)C2c2cccc(OC)c2)cc1. The molecule has 3 aromatic carbocycles. The lowest BCUT2D eigenvalue weighted by Gasteiger charge is -2.26. The monoisotopic (exact) mass is 541 g/mol. The fourth-order valence-electron chi connectivity index (χ4n) is 4.15. The molecule has 190 valence electrons. The van der Waals surface area contributed by atoms with Crippen molar-refractivity contribution in [1.29, 1.82) is 0 Å². The Morgan fingerprint density at radius 1 is 0.892 bits per heavy atom. The van der Waals surface area contributed by atoms with E-state index in [-0.39, 0.29) is 32.5 Å². The van der Waals surface area contributed by atoms with Crippen LogP contribution in [-0.4, -0.2) is 44.1 Å². The molecule has 1 unspecified atom stereocenters. The number of benzene rings is 3. The summed E-state index contributed by atoms with van der Waals surface area (Å²) < 4.78 is 15.2. The number of halogens is 2. The van der Waals surface area contributed by atoms with Crippen molar-refractivity contribution in [1.82, 2.24) is 0 Å². The number of hydrogen-bond acceptors (Lipinski definition) is 7. The molecule has 10 heteroatoms. The molecule has 0 radical (unpaired) electrons. The van der Waals surface area contributed by atoms with Crippen LogP contribution in [0, 0.1) is 0 Å². The lowest BCUT2D eigenvalue weighted by Crippen LogP contribution is -2.29. The summed E-state index contributed by atoms with van der Waals surface area (Å²) in [5.74, 6) is -2.11. The Labute approximate surface area is 222 Å². The van der Waals surface area contributed by atoms with Gasteiger partial charge >= 0.3 is 5.97 Å². The van der Waals surface area contributed by atoms with Gasteiger partial charge in [-0.05, 0) is 54.1 Å². The van der Waals surface area contributed by atoms with E-state index in [4.69, 9.17) is 37.4 Å². The molecule has 1 aliphatic heterocycles. The van der Waals surface area contributed by atoms with Crippen LogP contribution >= 0.6 is 23.2 Å². The second-order valence-electron chi connectivity index (χ2n) is 7.96. The Morgan fingerprint density at radius 3 is 2.11 bits per heavy atom. The van der Waals surface area contributed by atoms with Crippen molar-refractivity contribution in [3.05, 3.63) is 93.0 Å². The van der Waals surface area contributed by atoms with Crippen molar-refractivity contribution in [3.8, 4) is 11.5 Å². The number of amides is 1. The number of carbonyl (C=O) groups excluding carboxylic acids is 3. The topological polar surface area (TPSA) is 102 Å². The standard InChI is InChI=1S/C27H21Cl2NO7/c1-35-18-6-4-5-15(11-18)22-21(23(31)16-12-19(28)25(36-2)20(29)13-16)24(32)26(33)30(22)17-9-7-14(8-10-17)27(34)37-3/h4-13,22,31H,1-3H3/b23-21+. The number of anilines is 1. The molecule has 0 saturated carbocycles. The van der Waals surface area contributed by atoms with E-state index in [0.717, 1.165) is 0 Å². The van der Waals surface area contributed by atoms with Crippen LogP contribution in [0.3, 0.4) is 0 Å². The molecule has 37 heavy (non-hydrogen) atoms. The van der Waals surface area contributed by atoms with Gasteiger partial charge in [0.1, 0.15) is 11.5 Å². The molecular weight excluding hydrogens is 521 g/mol. The number of rotatable bonds is 6. The van der Waals surface area contributed by atoms with Crippen LogP contribution in [0.15, 0.2) is 66.2 Å². The zero-order valence-corrected chi connectivity index (χ0v) is 21.5. The lowest BCUT2D eigenvalue weighted by molar-refractivity contribution is -0.132. The van der Waals surface area contributed by atoms with Gasteiger partial charge < -0.3 is 19.3 Å². The number of ether oxygens (including phenoxy) is 3. The van der Waals surface area contributed by atoms with Gasteiger partial charge in [-0.1, -0.05) is 35.3 Å². The van der Waals surface area contributed by atoms with Gasteiger partial charge in [0.2, 0.25) is 0 Å². The Hall–Kier alpha value is -4.01. The maximum Gasteiger partial charge on any atom is 0.337 e. The summed E-state index contributed by atoms with van der Waals surface area (Å²) in [6.45, 7) is 0. The number of aliphatic hydroxyl groups is 1. The first kappa shape index (κ1) is 26.1. The maximum atomic E-state index is 13.4. The summed E-state index contributed by atoms with van der Waals surface area (Å²) in [7, 11) is 4.14. The molecular formula is C27H21Cl2NO7. The van der Waals surface area contributed by atoms with Crippen molar-refractivity contribution in [2.45, 2.75) is 6.04 Å². The second kappa shape index (κ2) is 10.5. The molecule has 1 N–H and O–H groups in total. The van der Waals surface area contributed by atoms with E-state index in [1.807, 2.05) is 0 Å². The van der Waals surface area contributed by atoms with Crippen molar-refractivity contribution in [2.75, 3.05) is 26.2 Å². The van der Waals surface area contributed by atoms with Crippen LogP contribution in [0.4, 0.5) is 5.69 Å². The molecule has 1 heterocycles. The molecule has 4 rings (SSSR count). The fraction of sp³-hybridized carbons (Fsp3) is 0.148. The van der Waals surface area contributed by atoms with Crippen LogP contribution in [0.25, 0.3) is 5.76 Å². The predicted molar refractivity (Wildman–Crippen MR) is 139 cm³/mol. The number of esters is 1. The van der Waals surface area contributed by atoms with Gasteiger partial charge in [-0.2, -0.15) is 0 Å². The minimum absolute atomic E-state index is 0.113. The first-order chi connectivity index (χ1) is 17.7. The van der Waals surface area contributed by atoms with Gasteiger partial charge in [0.15, 0.2) is 5.75 Å². The third-order valence-electron chi connectivity index (χ3n) is 5.90. The highest BCUT2D eigenvalue weighted by molar-refractivity contribution is 6.51. The number of aliphatic hydroxyl groups excluding tert-OH is 1. The number of hydrogen-bond donors (Lipinski definition) is 1. The molecule has 1 aliphatic rings. The largest absolute Gasteiger partial charge is 0.507 e. The van der Waals surface area contributed by atoms with Crippen LogP contribution in [-0.2, 0) is 14.3 Å². The van der Waals surface area contributed by atoms with Crippen molar-refractivity contribution < 1.29 is 33.7 Å². The highest BCUT2D eigenvalue weighted by Gasteiger charge is 2.47. The van der Waals surface area contributed by atoms with Crippen LogP contribution in [0.2, 0.25) is 10.0 Å². The molecule has 0 aromatic heterocycles. The minimum atomic E-state index is -1.03.